The Labute approximate surface area is 86.5 Å². The highest BCUT2D eigenvalue weighted by atomic mass is 16.6. The largest absolute Gasteiger partial charge is 0.461 e. The van der Waals surface area contributed by atoms with Gasteiger partial charge in [0.15, 0.2) is 12.2 Å². The van der Waals surface area contributed by atoms with Gasteiger partial charge in [0.2, 0.25) is 0 Å². The molecule has 0 radical (unpaired) electrons. The van der Waals surface area contributed by atoms with E-state index in [1.54, 1.807) is 0 Å². The predicted molar refractivity (Wildman–Crippen MR) is 46.7 cm³/mol. The van der Waals surface area contributed by atoms with E-state index in [1.807, 2.05) is 0 Å². The average molecular weight is 216 g/mol. The van der Waals surface area contributed by atoms with Gasteiger partial charge in [-0.05, 0) is 0 Å². The fraction of sp³-hybridized carbons (Fsp3) is 0.667. The molecule has 0 bridgehead atoms. The first kappa shape index (κ1) is 11.5. The second-order valence-corrected chi connectivity index (χ2v) is 3.18. The summed E-state index contributed by atoms with van der Waals surface area (Å²) < 4.78 is 14.4. The van der Waals surface area contributed by atoms with Gasteiger partial charge in [0, 0.05) is 13.8 Å². The van der Waals surface area contributed by atoms with Crippen molar-refractivity contribution in [3.05, 3.63) is 0 Å². The lowest BCUT2D eigenvalue weighted by Gasteiger charge is -2.29. The highest BCUT2D eigenvalue weighted by Crippen LogP contribution is 2.16. The zero-order valence-electron chi connectivity index (χ0n) is 8.52. The minimum atomic E-state index is -0.743. The van der Waals surface area contributed by atoms with Crippen molar-refractivity contribution in [1.82, 2.24) is 0 Å². The first-order chi connectivity index (χ1) is 6.99. The molecular formula is C9H12O6. The van der Waals surface area contributed by atoms with Crippen LogP contribution < -0.4 is 0 Å². The van der Waals surface area contributed by atoms with Gasteiger partial charge in [-0.3, -0.25) is 14.4 Å². The summed E-state index contributed by atoms with van der Waals surface area (Å²) in [6, 6.07) is 0. The van der Waals surface area contributed by atoms with E-state index in [1.165, 1.54) is 13.8 Å². The Morgan fingerprint density at radius 3 is 2.27 bits per heavy atom. The Bertz CT molecular complexity index is 282. The van der Waals surface area contributed by atoms with E-state index in [-0.39, 0.29) is 13.0 Å². The summed E-state index contributed by atoms with van der Waals surface area (Å²) >= 11 is 0. The lowest BCUT2D eigenvalue weighted by Crippen LogP contribution is -2.44. The van der Waals surface area contributed by atoms with Crippen LogP contribution in [0.4, 0.5) is 0 Å². The summed E-state index contributed by atoms with van der Waals surface area (Å²) in [5.41, 5.74) is 0. The van der Waals surface area contributed by atoms with Crippen molar-refractivity contribution in [2.45, 2.75) is 32.5 Å². The number of carbonyl (C=O) groups is 3. The fourth-order valence-electron chi connectivity index (χ4n) is 1.29. The van der Waals surface area contributed by atoms with Gasteiger partial charge in [-0.25, -0.2) is 0 Å². The molecular weight excluding hydrogens is 204 g/mol. The molecule has 0 aromatic rings. The summed E-state index contributed by atoms with van der Waals surface area (Å²) in [4.78, 5) is 32.4. The molecule has 1 saturated heterocycles. The molecule has 1 heterocycles. The Morgan fingerprint density at radius 1 is 1.20 bits per heavy atom. The number of carbonyl (C=O) groups excluding carboxylic acids is 3. The first-order valence-corrected chi connectivity index (χ1v) is 4.49. The normalized spacial score (nSPS) is 25.3. The molecule has 0 aromatic heterocycles. The lowest BCUT2D eigenvalue weighted by molar-refractivity contribution is -0.186. The van der Waals surface area contributed by atoms with Crippen LogP contribution in [0.25, 0.3) is 0 Å². The average Bonchev–Trinajstić information content (AvgIpc) is 2.08. The molecule has 1 rings (SSSR count). The summed E-state index contributed by atoms with van der Waals surface area (Å²) in [6.07, 6.45) is -1.53. The van der Waals surface area contributed by atoms with Crippen molar-refractivity contribution in [3.8, 4) is 0 Å². The van der Waals surface area contributed by atoms with Crippen LogP contribution in [0.1, 0.15) is 20.3 Å². The van der Waals surface area contributed by atoms with Crippen molar-refractivity contribution < 1.29 is 28.6 Å². The number of hydrogen-bond acceptors (Lipinski definition) is 6. The molecule has 0 saturated carbocycles. The Kier molecular flexibility index (Phi) is 3.65. The topological polar surface area (TPSA) is 78.9 Å². The molecule has 2 atom stereocenters. The Morgan fingerprint density at radius 2 is 1.73 bits per heavy atom. The maximum Gasteiger partial charge on any atom is 0.309 e. The van der Waals surface area contributed by atoms with Gasteiger partial charge in [0.05, 0.1) is 6.42 Å². The number of cyclic esters (lactones) is 1. The van der Waals surface area contributed by atoms with Crippen LogP contribution in [0, 0.1) is 0 Å². The molecule has 15 heavy (non-hydrogen) atoms. The third-order valence-electron chi connectivity index (χ3n) is 1.83. The van der Waals surface area contributed by atoms with Crippen molar-refractivity contribution in [3.63, 3.8) is 0 Å². The number of esters is 3. The van der Waals surface area contributed by atoms with Gasteiger partial charge in [-0.15, -0.1) is 0 Å². The van der Waals surface area contributed by atoms with Gasteiger partial charge < -0.3 is 14.2 Å². The van der Waals surface area contributed by atoms with Crippen LogP contribution in [-0.4, -0.2) is 36.7 Å². The van der Waals surface area contributed by atoms with Gasteiger partial charge in [-0.2, -0.15) is 0 Å². The van der Waals surface area contributed by atoms with Gasteiger partial charge in [0.1, 0.15) is 6.61 Å². The van der Waals surface area contributed by atoms with E-state index < -0.39 is 30.1 Å². The molecule has 6 heteroatoms. The zero-order chi connectivity index (χ0) is 11.4. The maximum atomic E-state index is 10.9. The first-order valence-electron chi connectivity index (χ1n) is 4.49. The van der Waals surface area contributed by atoms with E-state index in [4.69, 9.17) is 14.2 Å². The molecule has 1 aliphatic rings. The zero-order valence-corrected chi connectivity index (χ0v) is 8.52. The van der Waals surface area contributed by atoms with Crippen molar-refractivity contribution in [1.29, 1.82) is 0 Å². The van der Waals surface area contributed by atoms with E-state index in [0.717, 1.165) is 0 Å². The summed E-state index contributed by atoms with van der Waals surface area (Å²) in [5, 5.41) is 0. The van der Waals surface area contributed by atoms with Crippen LogP contribution in [0.2, 0.25) is 0 Å². The SMILES string of the molecule is CC(=O)O[C@H]1COC(=O)C[C@H]1OC(C)=O. The third kappa shape index (κ3) is 3.57. The smallest absolute Gasteiger partial charge is 0.309 e. The van der Waals surface area contributed by atoms with Crippen LogP contribution in [0.5, 0.6) is 0 Å². The molecule has 0 amide bonds. The molecule has 0 aromatic carbocycles. The fourth-order valence-corrected chi connectivity index (χ4v) is 1.29. The molecule has 1 fully saturated rings. The standard InChI is InChI=1S/C9H12O6/c1-5(10)14-7-3-9(12)13-4-8(7)15-6(2)11/h7-8H,3-4H2,1-2H3/t7-,8+/m1/s1. The number of hydrogen-bond donors (Lipinski definition) is 0. The molecule has 0 spiro atoms. The predicted octanol–water partition coefficient (Wildman–Crippen LogP) is -0.203. The monoisotopic (exact) mass is 216 g/mol. The minimum absolute atomic E-state index is 0.0731. The molecule has 6 nitrogen and oxygen atoms in total. The quantitative estimate of drug-likeness (QED) is 0.469. The van der Waals surface area contributed by atoms with Crippen LogP contribution in [0.15, 0.2) is 0 Å². The van der Waals surface area contributed by atoms with E-state index in [9.17, 15) is 14.4 Å². The maximum absolute atomic E-state index is 10.9. The molecule has 0 N–H and O–H groups in total. The summed E-state index contributed by atoms with van der Waals surface area (Å²) in [6.45, 7) is 2.39. The molecule has 0 aliphatic carbocycles. The van der Waals surface area contributed by atoms with E-state index in [2.05, 4.69) is 0 Å². The van der Waals surface area contributed by atoms with Crippen molar-refractivity contribution in [2.24, 2.45) is 0 Å². The van der Waals surface area contributed by atoms with Crippen LogP contribution in [-0.2, 0) is 28.6 Å². The molecule has 0 unspecified atom stereocenters. The van der Waals surface area contributed by atoms with E-state index in [0.29, 0.717) is 0 Å². The van der Waals surface area contributed by atoms with Crippen LogP contribution in [0.3, 0.4) is 0 Å². The van der Waals surface area contributed by atoms with Crippen molar-refractivity contribution >= 4 is 17.9 Å². The van der Waals surface area contributed by atoms with Gasteiger partial charge in [0.25, 0.3) is 0 Å². The van der Waals surface area contributed by atoms with Crippen molar-refractivity contribution in [2.75, 3.05) is 6.61 Å². The highest BCUT2D eigenvalue weighted by molar-refractivity contribution is 5.73. The van der Waals surface area contributed by atoms with Gasteiger partial charge in [-0.1, -0.05) is 0 Å². The number of rotatable bonds is 2. The third-order valence-corrected chi connectivity index (χ3v) is 1.83. The molecule has 1 aliphatic heterocycles. The van der Waals surface area contributed by atoms with Crippen LogP contribution >= 0.6 is 0 Å². The van der Waals surface area contributed by atoms with E-state index >= 15 is 0 Å². The second kappa shape index (κ2) is 4.77. The highest BCUT2D eigenvalue weighted by Gasteiger charge is 2.35. The summed E-state index contributed by atoms with van der Waals surface area (Å²) in [5.74, 6) is -1.49. The Hall–Kier alpha value is -1.59. The Balaban J connectivity index is 2.61. The van der Waals surface area contributed by atoms with Gasteiger partial charge >= 0.3 is 17.9 Å². The second-order valence-electron chi connectivity index (χ2n) is 3.18. The number of ether oxygens (including phenoxy) is 3. The minimum Gasteiger partial charge on any atom is -0.461 e. The molecule has 84 valence electrons. The lowest BCUT2D eigenvalue weighted by atomic mass is 10.1. The summed E-state index contributed by atoms with van der Waals surface area (Å²) in [7, 11) is 0.